The van der Waals surface area contributed by atoms with Gasteiger partial charge in [0.05, 0.1) is 0 Å². The molecule has 0 aromatic carbocycles. The van der Waals surface area contributed by atoms with Crippen LogP contribution < -0.4 is 22.8 Å². The molecule has 1 aliphatic rings. The third-order valence-electron chi connectivity index (χ3n) is 1.03. The number of aliphatic hydroxyl groups is 1. The maximum atomic E-state index is 8.88. The summed E-state index contributed by atoms with van der Waals surface area (Å²) in [5.74, 6) is 5.24. The Balaban J connectivity index is 0.000000810. The standard InChI is InChI=1S/C4H9N4O.BrH/c1-4(9)8-3-7(5)2-6-8;/h4,9H,3,5H2,1H3;1H/q+1;/p-1. The minimum atomic E-state index is -0.592. The van der Waals surface area contributed by atoms with Crippen molar-refractivity contribution >= 4 is 6.34 Å². The molecular weight excluding hydrogens is 200 g/mol. The van der Waals surface area contributed by atoms with E-state index in [0.717, 1.165) is 0 Å². The minimum absolute atomic E-state index is 0. The zero-order valence-corrected chi connectivity index (χ0v) is 7.11. The molecule has 10 heavy (non-hydrogen) atoms. The van der Waals surface area contributed by atoms with E-state index in [1.165, 1.54) is 10.0 Å². The zero-order valence-electron chi connectivity index (χ0n) is 5.53. The lowest BCUT2D eigenvalue weighted by molar-refractivity contribution is -0.0000189. The number of aliphatic hydroxyl groups excluding tert-OH is 1. The van der Waals surface area contributed by atoms with Crippen molar-refractivity contribution in [3.63, 3.8) is 0 Å². The summed E-state index contributed by atoms with van der Waals surface area (Å²) < 4.78 is 0. The van der Waals surface area contributed by atoms with Gasteiger partial charge in [0.1, 0.15) is 11.3 Å². The van der Waals surface area contributed by atoms with Crippen LogP contribution in [0.3, 0.4) is 0 Å². The molecule has 0 spiro atoms. The molecule has 0 aromatic heterocycles. The van der Waals surface area contributed by atoms with Gasteiger partial charge in [-0.1, -0.05) is 5.01 Å². The average molecular weight is 209 g/mol. The molecule has 1 atom stereocenters. The predicted octanol–water partition coefficient (Wildman–Crippen LogP) is -4.40. The van der Waals surface area contributed by atoms with Gasteiger partial charge in [-0.3, -0.25) is 0 Å². The number of halogens is 1. The third kappa shape index (κ3) is 2.07. The van der Waals surface area contributed by atoms with E-state index in [2.05, 4.69) is 11.4 Å². The van der Waals surface area contributed by atoms with Crippen LogP contribution in [0.2, 0.25) is 0 Å². The second kappa shape index (κ2) is 3.68. The smallest absolute Gasteiger partial charge is 0.561 e. The first kappa shape index (κ1) is 9.58. The summed E-state index contributed by atoms with van der Waals surface area (Å²) in [5.41, 5.74) is 0. The highest BCUT2D eigenvalue weighted by Gasteiger charge is 2.27. The van der Waals surface area contributed by atoms with Gasteiger partial charge in [-0.2, -0.15) is 5.01 Å². The van der Waals surface area contributed by atoms with Crippen molar-refractivity contribution in [2.75, 3.05) is 6.67 Å². The van der Waals surface area contributed by atoms with E-state index in [1.807, 2.05) is 0 Å². The monoisotopic (exact) mass is 208 g/mol. The summed E-state index contributed by atoms with van der Waals surface area (Å²) in [4.78, 5) is 0. The second-order valence-corrected chi connectivity index (χ2v) is 1.88. The van der Waals surface area contributed by atoms with Crippen molar-refractivity contribution in [1.29, 1.82) is 0 Å². The summed E-state index contributed by atoms with van der Waals surface area (Å²) in [6.07, 6.45) is 1.86. The quantitative estimate of drug-likeness (QED) is 0.338. The van der Waals surface area contributed by atoms with E-state index in [-0.39, 0.29) is 17.0 Å². The first-order valence-electron chi connectivity index (χ1n) is 2.63. The van der Waals surface area contributed by atoms with E-state index >= 15 is 0 Å². The normalized spacial score (nSPS) is 18.3. The summed E-state index contributed by atoms with van der Waals surface area (Å²) in [6, 6.07) is 0. The summed E-state index contributed by atoms with van der Waals surface area (Å²) >= 11 is 0. The van der Waals surface area contributed by atoms with Gasteiger partial charge < -0.3 is 22.1 Å². The van der Waals surface area contributed by atoms with Crippen LogP contribution >= 0.6 is 0 Å². The van der Waals surface area contributed by atoms with Gasteiger partial charge in [0, 0.05) is 0 Å². The SMILES string of the molecule is CC(O)N1CN(N)[C+]=N1.[Br-]. The molecule has 6 heteroatoms. The van der Waals surface area contributed by atoms with Crippen LogP contribution in [0.25, 0.3) is 0 Å². The molecule has 0 amide bonds. The Labute approximate surface area is 69.8 Å². The highest BCUT2D eigenvalue weighted by Crippen LogP contribution is 2.00. The van der Waals surface area contributed by atoms with Gasteiger partial charge in [0.15, 0.2) is 6.67 Å². The fraction of sp³-hybridized carbons (Fsp3) is 0.750. The molecule has 58 valence electrons. The Bertz CT molecular complexity index is 128. The topological polar surface area (TPSA) is 65.1 Å². The molecule has 1 aliphatic heterocycles. The Morgan fingerprint density at radius 1 is 1.80 bits per heavy atom. The van der Waals surface area contributed by atoms with Gasteiger partial charge >= 0.3 is 6.34 Å². The molecule has 1 rings (SSSR count). The van der Waals surface area contributed by atoms with Crippen LogP contribution in [0.4, 0.5) is 0 Å². The van der Waals surface area contributed by atoms with E-state index in [4.69, 9.17) is 10.9 Å². The van der Waals surface area contributed by atoms with Gasteiger partial charge in [0.2, 0.25) is 0 Å². The molecule has 0 bridgehead atoms. The molecule has 0 saturated carbocycles. The summed E-state index contributed by atoms with van der Waals surface area (Å²) in [7, 11) is 0. The van der Waals surface area contributed by atoms with Crippen molar-refractivity contribution in [1.82, 2.24) is 10.0 Å². The van der Waals surface area contributed by atoms with Gasteiger partial charge in [0.25, 0.3) is 0 Å². The highest BCUT2D eigenvalue weighted by molar-refractivity contribution is 5.54. The van der Waals surface area contributed by atoms with Crippen molar-refractivity contribution in [2.24, 2.45) is 10.9 Å². The van der Waals surface area contributed by atoms with Crippen LogP contribution in [-0.4, -0.2) is 34.4 Å². The molecule has 0 fully saturated rings. The van der Waals surface area contributed by atoms with E-state index in [0.29, 0.717) is 6.67 Å². The zero-order chi connectivity index (χ0) is 6.85. The number of hydrogen-bond donors (Lipinski definition) is 2. The lowest BCUT2D eigenvalue weighted by Gasteiger charge is -2.10. The fourth-order valence-corrected chi connectivity index (χ4v) is 0.536. The summed E-state index contributed by atoms with van der Waals surface area (Å²) in [5, 5.41) is 15.2. The molecule has 1 heterocycles. The van der Waals surface area contributed by atoms with Crippen molar-refractivity contribution in [2.45, 2.75) is 13.2 Å². The molecule has 3 N–H and O–H groups in total. The maximum Gasteiger partial charge on any atom is 0.561 e. The minimum Gasteiger partial charge on any atom is -1.00 e. The van der Waals surface area contributed by atoms with Crippen LogP contribution in [0.1, 0.15) is 6.92 Å². The Kier molecular flexibility index (Phi) is 3.52. The van der Waals surface area contributed by atoms with Gasteiger partial charge in [-0.25, -0.2) is 5.84 Å². The van der Waals surface area contributed by atoms with Crippen molar-refractivity contribution < 1.29 is 22.1 Å². The van der Waals surface area contributed by atoms with Gasteiger partial charge in [-0.15, -0.1) is 0 Å². The number of nitrogens with zero attached hydrogens (tertiary/aromatic N) is 3. The van der Waals surface area contributed by atoms with E-state index < -0.39 is 6.23 Å². The number of hydrazone groups is 1. The molecule has 1 unspecified atom stereocenters. The Morgan fingerprint density at radius 3 is 2.60 bits per heavy atom. The molecular formula is C4H9BrN4O. The number of hydrazine groups is 1. The maximum absolute atomic E-state index is 8.88. The average Bonchev–Trinajstić information content (AvgIpc) is 2.14. The highest BCUT2D eigenvalue weighted by atomic mass is 79.9. The van der Waals surface area contributed by atoms with Crippen LogP contribution in [0.5, 0.6) is 0 Å². The largest absolute Gasteiger partial charge is 1.00 e. The number of hydrogen-bond acceptors (Lipinski definition) is 5. The molecule has 0 radical (unpaired) electrons. The molecule has 0 aromatic rings. The fourth-order valence-electron chi connectivity index (χ4n) is 0.536. The van der Waals surface area contributed by atoms with E-state index in [1.54, 1.807) is 6.92 Å². The van der Waals surface area contributed by atoms with Crippen LogP contribution in [-0.2, 0) is 0 Å². The first-order valence-corrected chi connectivity index (χ1v) is 2.63. The second-order valence-electron chi connectivity index (χ2n) is 1.88. The molecule has 0 aliphatic carbocycles. The van der Waals surface area contributed by atoms with Crippen molar-refractivity contribution in [3.8, 4) is 0 Å². The number of rotatable bonds is 1. The lowest BCUT2D eigenvalue weighted by atomic mass is 10.6. The van der Waals surface area contributed by atoms with Gasteiger partial charge in [-0.05, 0) is 6.92 Å². The third-order valence-corrected chi connectivity index (χ3v) is 1.03. The van der Waals surface area contributed by atoms with E-state index in [9.17, 15) is 0 Å². The lowest BCUT2D eigenvalue weighted by Crippen LogP contribution is -3.00. The van der Waals surface area contributed by atoms with Crippen molar-refractivity contribution in [3.05, 3.63) is 0 Å². The summed E-state index contributed by atoms with van der Waals surface area (Å²) in [6.45, 7) is 2.02. The molecule has 0 saturated heterocycles. The number of nitrogens with two attached hydrogens (primary N) is 1. The van der Waals surface area contributed by atoms with Crippen LogP contribution in [0.15, 0.2) is 5.10 Å². The predicted molar refractivity (Wildman–Crippen MR) is 31.8 cm³/mol. The Morgan fingerprint density at radius 2 is 2.40 bits per heavy atom. The van der Waals surface area contributed by atoms with Crippen LogP contribution in [0, 0.1) is 0 Å². The molecule has 5 nitrogen and oxygen atoms in total. The first-order chi connectivity index (χ1) is 4.20. The Hall–Kier alpha value is -0.420.